The summed E-state index contributed by atoms with van der Waals surface area (Å²) in [5, 5.41) is 6.86. The van der Waals surface area contributed by atoms with E-state index < -0.39 is 0 Å². The molecule has 0 radical (unpaired) electrons. The summed E-state index contributed by atoms with van der Waals surface area (Å²) in [5.74, 6) is 2.13. The molecule has 25 heavy (non-hydrogen) atoms. The normalized spacial score (nSPS) is 10.5. The smallest absolute Gasteiger partial charge is 0.227 e. The van der Waals surface area contributed by atoms with Crippen LogP contribution in [-0.2, 0) is 11.2 Å². The van der Waals surface area contributed by atoms with Gasteiger partial charge in [0.1, 0.15) is 0 Å². The number of rotatable bonds is 10. The standard InChI is InChI=1S/C18H25N3O4/c1-4-5-6-11-19-16(22)9-10-17-20-18(21-25-17)13-7-8-14(23-2)15(12-13)24-3/h7-8,12H,4-6,9-11H2,1-3H3,(H,19,22). The summed E-state index contributed by atoms with van der Waals surface area (Å²) in [6.07, 6.45) is 4.02. The Labute approximate surface area is 147 Å². The van der Waals surface area contributed by atoms with E-state index in [9.17, 15) is 4.79 Å². The molecule has 0 aliphatic heterocycles. The first-order valence-corrected chi connectivity index (χ1v) is 8.49. The van der Waals surface area contributed by atoms with Gasteiger partial charge < -0.3 is 19.3 Å². The summed E-state index contributed by atoms with van der Waals surface area (Å²) in [5.41, 5.74) is 0.761. The summed E-state index contributed by atoms with van der Waals surface area (Å²) in [6, 6.07) is 5.40. The molecule has 0 saturated carbocycles. The number of carbonyl (C=O) groups excluding carboxylic acids is 1. The highest BCUT2D eigenvalue weighted by molar-refractivity contribution is 5.76. The van der Waals surface area contributed by atoms with Crippen LogP contribution in [0.15, 0.2) is 22.7 Å². The Morgan fingerprint density at radius 3 is 2.72 bits per heavy atom. The number of aryl methyl sites for hydroxylation is 1. The van der Waals surface area contributed by atoms with Crippen molar-refractivity contribution >= 4 is 5.91 Å². The Hall–Kier alpha value is -2.57. The van der Waals surface area contributed by atoms with Gasteiger partial charge in [0, 0.05) is 24.9 Å². The van der Waals surface area contributed by atoms with Gasteiger partial charge in [-0.25, -0.2) is 0 Å². The number of methoxy groups -OCH3 is 2. The predicted molar refractivity (Wildman–Crippen MR) is 93.7 cm³/mol. The van der Waals surface area contributed by atoms with E-state index in [2.05, 4.69) is 22.4 Å². The van der Waals surface area contributed by atoms with Crippen molar-refractivity contribution in [3.8, 4) is 22.9 Å². The van der Waals surface area contributed by atoms with E-state index in [-0.39, 0.29) is 5.91 Å². The molecule has 0 fully saturated rings. The molecular formula is C18H25N3O4. The van der Waals surface area contributed by atoms with Crippen LogP contribution in [0.25, 0.3) is 11.4 Å². The van der Waals surface area contributed by atoms with Gasteiger partial charge in [0.2, 0.25) is 17.6 Å². The van der Waals surface area contributed by atoms with Crippen LogP contribution in [0.3, 0.4) is 0 Å². The minimum atomic E-state index is 0.00182. The average Bonchev–Trinajstić information content (AvgIpc) is 3.12. The van der Waals surface area contributed by atoms with Gasteiger partial charge in [-0.2, -0.15) is 4.98 Å². The third-order valence-electron chi connectivity index (χ3n) is 3.78. The molecule has 1 aromatic carbocycles. The van der Waals surface area contributed by atoms with E-state index in [0.717, 1.165) is 24.8 Å². The highest BCUT2D eigenvalue weighted by atomic mass is 16.5. The molecule has 1 amide bonds. The lowest BCUT2D eigenvalue weighted by Crippen LogP contribution is -2.24. The Kier molecular flexibility index (Phi) is 7.25. The SMILES string of the molecule is CCCCCNC(=O)CCc1nc(-c2ccc(OC)c(OC)c2)no1. The van der Waals surface area contributed by atoms with Gasteiger partial charge in [-0.3, -0.25) is 4.79 Å². The van der Waals surface area contributed by atoms with Gasteiger partial charge in [0.05, 0.1) is 14.2 Å². The number of carbonyl (C=O) groups is 1. The summed E-state index contributed by atoms with van der Waals surface area (Å²) in [7, 11) is 3.15. The Morgan fingerprint density at radius 1 is 1.20 bits per heavy atom. The second-order valence-corrected chi connectivity index (χ2v) is 5.64. The second kappa shape index (κ2) is 9.66. The van der Waals surface area contributed by atoms with Gasteiger partial charge in [-0.05, 0) is 24.6 Å². The Bertz CT molecular complexity index is 685. The van der Waals surface area contributed by atoms with E-state index in [1.54, 1.807) is 26.4 Å². The predicted octanol–water partition coefficient (Wildman–Crippen LogP) is 2.99. The average molecular weight is 347 g/mol. The Morgan fingerprint density at radius 2 is 2.00 bits per heavy atom. The van der Waals surface area contributed by atoms with E-state index >= 15 is 0 Å². The first-order chi connectivity index (χ1) is 12.2. The maximum Gasteiger partial charge on any atom is 0.227 e. The van der Waals surface area contributed by atoms with Crippen LogP contribution < -0.4 is 14.8 Å². The van der Waals surface area contributed by atoms with E-state index in [4.69, 9.17) is 14.0 Å². The zero-order chi connectivity index (χ0) is 18.1. The topological polar surface area (TPSA) is 86.5 Å². The molecule has 1 aromatic heterocycles. The molecule has 7 nitrogen and oxygen atoms in total. The molecule has 0 spiro atoms. The van der Waals surface area contributed by atoms with Crippen LogP contribution in [0.1, 0.15) is 38.5 Å². The third kappa shape index (κ3) is 5.48. The quantitative estimate of drug-likeness (QED) is 0.665. The van der Waals surface area contributed by atoms with Crippen molar-refractivity contribution in [2.45, 2.75) is 39.0 Å². The minimum absolute atomic E-state index is 0.00182. The maximum absolute atomic E-state index is 11.8. The number of nitrogens with one attached hydrogen (secondary N) is 1. The van der Waals surface area contributed by atoms with Crippen molar-refractivity contribution in [2.75, 3.05) is 20.8 Å². The highest BCUT2D eigenvalue weighted by Crippen LogP contribution is 2.31. The van der Waals surface area contributed by atoms with Crippen LogP contribution >= 0.6 is 0 Å². The molecule has 0 saturated heterocycles. The number of unbranched alkanes of at least 4 members (excludes halogenated alkanes) is 2. The van der Waals surface area contributed by atoms with Crippen molar-refractivity contribution in [3.63, 3.8) is 0 Å². The monoisotopic (exact) mass is 347 g/mol. The van der Waals surface area contributed by atoms with Crippen LogP contribution in [0.4, 0.5) is 0 Å². The van der Waals surface area contributed by atoms with E-state index in [0.29, 0.717) is 42.6 Å². The lowest BCUT2D eigenvalue weighted by molar-refractivity contribution is -0.121. The van der Waals surface area contributed by atoms with Crippen molar-refractivity contribution in [1.82, 2.24) is 15.5 Å². The largest absolute Gasteiger partial charge is 0.493 e. The van der Waals surface area contributed by atoms with Crippen LogP contribution in [0.5, 0.6) is 11.5 Å². The molecule has 136 valence electrons. The van der Waals surface area contributed by atoms with Gasteiger partial charge in [0.25, 0.3) is 0 Å². The molecule has 2 aromatic rings. The molecule has 0 bridgehead atoms. The summed E-state index contributed by atoms with van der Waals surface area (Å²) in [4.78, 5) is 16.1. The van der Waals surface area contributed by atoms with Crippen molar-refractivity contribution < 1.29 is 18.8 Å². The van der Waals surface area contributed by atoms with E-state index in [1.165, 1.54) is 0 Å². The lowest BCUT2D eigenvalue weighted by atomic mass is 10.2. The Balaban J connectivity index is 1.90. The fourth-order valence-electron chi connectivity index (χ4n) is 2.36. The molecule has 1 heterocycles. The molecular weight excluding hydrogens is 322 g/mol. The van der Waals surface area contributed by atoms with Gasteiger partial charge in [0.15, 0.2) is 11.5 Å². The fourth-order valence-corrected chi connectivity index (χ4v) is 2.36. The second-order valence-electron chi connectivity index (χ2n) is 5.64. The highest BCUT2D eigenvalue weighted by Gasteiger charge is 2.13. The summed E-state index contributed by atoms with van der Waals surface area (Å²) >= 11 is 0. The first kappa shape index (κ1) is 18.8. The van der Waals surface area contributed by atoms with Gasteiger partial charge in [-0.15, -0.1) is 0 Å². The van der Waals surface area contributed by atoms with Crippen molar-refractivity contribution in [3.05, 3.63) is 24.1 Å². The lowest BCUT2D eigenvalue weighted by Gasteiger charge is -2.07. The molecule has 0 atom stereocenters. The van der Waals surface area contributed by atoms with Crippen LogP contribution in [0.2, 0.25) is 0 Å². The molecule has 0 aliphatic carbocycles. The van der Waals surface area contributed by atoms with Gasteiger partial charge in [-0.1, -0.05) is 24.9 Å². The van der Waals surface area contributed by atoms with Crippen molar-refractivity contribution in [2.24, 2.45) is 0 Å². The zero-order valence-corrected chi connectivity index (χ0v) is 15.0. The minimum Gasteiger partial charge on any atom is -0.493 e. The number of ether oxygens (including phenoxy) is 2. The summed E-state index contributed by atoms with van der Waals surface area (Å²) < 4.78 is 15.7. The molecule has 0 aliphatic rings. The molecule has 7 heteroatoms. The van der Waals surface area contributed by atoms with Crippen LogP contribution in [-0.4, -0.2) is 36.8 Å². The van der Waals surface area contributed by atoms with Crippen molar-refractivity contribution in [1.29, 1.82) is 0 Å². The number of amides is 1. The van der Waals surface area contributed by atoms with Gasteiger partial charge >= 0.3 is 0 Å². The third-order valence-corrected chi connectivity index (χ3v) is 3.78. The summed E-state index contributed by atoms with van der Waals surface area (Å²) in [6.45, 7) is 2.85. The molecule has 0 unspecified atom stereocenters. The number of hydrogen-bond donors (Lipinski definition) is 1. The molecule has 2 rings (SSSR count). The fraction of sp³-hybridized carbons (Fsp3) is 0.500. The number of aromatic nitrogens is 2. The first-order valence-electron chi connectivity index (χ1n) is 8.49. The molecule has 1 N–H and O–H groups in total. The zero-order valence-electron chi connectivity index (χ0n) is 15.0. The number of nitrogens with zero attached hydrogens (tertiary/aromatic N) is 2. The number of benzene rings is 1. The maximum atomic E-state index is 11.8. The van der Waals surface area contributed by atoms with E-state index in [1.807, 2.05) is 6.07 Å². The number of hydrogen-bond acceptors (Lipinski definition) is 6. The van der Waals surface area contributed by atoms with Crippen LogP contribution in [0, 0.1) is 0 Å².